The molecular weight excluding hydrogens is 551 g/mol. The van der Waals surface area contributed by atoms with Gasteiger partial charge in [0.1, 0.15) is 11.0 Å². The Morgan fingerprint density at radius 2 is 1.78 bits per heavy atom. The summed E-state index contributed by atoms with van der Waals surface area (Å²) in [7, 11) is -2.32. The number of amides is 1. The zero-order chi connectivity index (χ0) is 26.7. The standard InChI is InChI=1S/C26H36Cl2N4O3S2/c1-26(2,3)31-37(35)22-10-9-19(23(27)24(22)28)21-15-20(25(33)29-18-11-13-36(34)14-12-18)30-32(21)16-17-7-5-4-6-8-17/h9-10,15,17-18,31H,4-8,11-14,16H2,1-3H3,(H,29,33). The van der Waals surface area contributed by atoms with Crippen molar-refractivity contribution in [2.24, 2.45) is 5.92 Å². The second kappa shape index (κ2) is 12.3. The molecule has 0 radical (unpaired) electrons. The molecule has 2 N–H and O–H groups in total. The first kappa shape index (κ1) is 28.7. The molecule has 2 heterocycles. The molecule has 4 rings (SSSR count). The largest absolute Gasteiger partial charge is 0.348 e. The van der Waals surface area contributed by atoms with Gasteiger partial charge >= 0.3 is 0 Å². The lowest BCUT2D eigenvalue weighted by molar-refractivity contribution is 0.0928. The van der Waals surface area contributed by atoms with Crippen molar-refractivity contribution in [1.29, 1.82) is 0 Å². The van der Waals surface area contributed by atoms with Gasteiger partial charge < -0.3 is 5.32 Å². The second-order valence-electron chi connectivity index (χ2n) is 11.1. The molecule has 1 aromatic heterocycles. The minimum absolute atomic E-state index is 0.000226. The van der Waals surface area contributed by atoms with Crippen LogP contribution in [0.4, 0.5) is 0 Å². The molecule has 1 unspecified atom stereocenters. The van der Waals surface area contributed by atoms with Gasteiger partial charge in [-0.25, -0.2) is 8.93 Å². The summed E-state index contributed by atoms with van der Waals surface area (Å²) in [5.74, 6) is 1.46. The molecule has 204 valence electrons. The summed E-state index contributed by atoms with van der Waals surface area (Å²) in [6, 6.07) is 5.29. The molecule has 1 amide bonds. The van der Waals surface area contributed by atoms with E-state index in [0.29, 0.717) is 58.7 Å². The summed E-state index contributed by atoms with van der Waals surface area (Å²) in [6.07, 6.45) is 7.32. The minimum atomic E-state index is -1.53. The summed E-state index contributed by atoms with van der Waals surface area (Å²) < 4.78 is 29.5. The fraction of sp³-hybridized carbons (Fsp3) is 0.615. The van der Waals surface area contributed by atoms with Crippen molar-refractivity contribution >= 4 is 50.9 Å². The van der Waals surface area contributed by atoms with E-state index < -0.39 is 21.8 Å². The highest BCUT2D eigenvalue weighted by molar-refractivity contribution is 7.85. The second-order valence-corrected chi connectivity index (χ2v) is 14.7. The average Bonchev–Trinajstić information content (AvgIpc) is 3.25. The molecule has 0 bridgehead atoms. The summed E-state index contributed by atoms with van der Waals surface area (Å²) >= 11 is 13.4. The van der Waals surface area contributed by atoms with Gasteiger partial charge in [-0.1, -0.05) is 42.5 Å². The zero-order valence-corrected chi connectivity index (χ0v) is 24.8. The van der Waals surface area contributed by atoms with Gasteiger partial charge in [-0.15, -0.1) is 0 Å². The molecular formula is C26H36Cl2N4O3S2. The van der Waals surface area contributed by atoms with Crippen molar-refractivity contribution in [2.75, 3.05) is 11.5 Å². The molecule has 2 aliphatic rings. The molecule has 1 aliphatic carbocycles. The number of carbonyl (C=O) groups is 1. The number of benzene rings is 1. The predicted octanol–water partition coefficient (Wildman–Crippen LogP) is 5.49. The summed E-state index contributed by atoms with van der Waals surface area (Å²) in [5.41, 5.74) is 1.33. The third kappa shape index (κ3) is 7.44. The number of rotatable bonds is 7. The van der Waals surface area contributed by atoms with Gasteiger partial charge in [-0.05, 0) is 70.6 Å². The average molecular weight is 588 g/mol. The molecule has 1 atom stereocenters. The van der Waals surface area contributed by atoms with Crippen LogP contribution in [-0.4, -0.2) is 47.2 Å². The molecule has 11 heteroatoms. The van der Waals surface area contributed by atoms with Crippen molar-refractivity contribution in [1.82, 2.24) is 19.8 Å². The van der Waals surface area contributed by atoms with Gasteiger partial charge in [0.25, 0.3) is 5.91 Å². The van der Waals surface area contributed by atoms with Crippen molar-refractivity contribution in [3.05, 3.63) is 33.9 Å². The number of halogens is 2. The Hall–Kier alpha value is -1.26. The molecule has 1 saturated carbocycles. The van der Waals surface area contributed by atoms with E-state index in [1.807, 2.05) is 25.5 Å². The zero-order valence-electron chi connectivity index (χ0n) is 21.6. The third-order valence-electron chi connectivity index (χ3n) is 6.81. The number of hydrogen-bond donors (Lipinski definition) is 2. The van der Waals surface area contributed by atoms with Gasteiger partial charge in [0, 0.05) is 46.0 Å². The monoisotopic (exact) mass is 586 g/mol. The van der Waals surface area contributed by atoms with Crippen LogP contribution in [0.2, 0.25) is 10.0 Å². The molecule has 2 fully saturated rings. The van der Waals surface area contributed by atoms with E-state index in [0.717, 1.165) is 12.8 Å². The van der Waals surface area contributed by atoms with Crippen LogP contribution in [-0.2, 0) is 28.3 Å². The predicted molar refractivity (Wildman–Crippen MR) is 152 cm³/mol. The topological polar surface area (TPSA) is 93.1 Å². The van der Waals surface area contributed by atoms with E-state index >= 15 is 0 Å². The van der Waals surface area contributed by atoms with Crippen molar-refractivity contribution in [3.63, 3.8) is 0 Å². The van der Waals surface area contributed by atoms with E-state index in [9.17, 15) is 13.2 Å². The number of hydrogen-bond acceptors (Lipinski definition) is 4. The third-order valence-corrected chi connectivity index (χ3v) is 10.7. The Bertz CT molecular complexity index is 1180. The Labute approximate surface area is 234 Å². The van der Waals surface area contributed by atoms with Crippen LogP contribution < -0.4 is 10.0 Å². The summed E-state index contributed by atoms with van der Waals surface area (Å²) in [5, 5.41) is 8.28. The lowest BCUT2D eigenvalue weighted by Gasteiger charge is -2.23. The first-order chi connectivity index (χ1) is 17.5. The number of aromatic nitrogens is 2. The van der Waals surface area contributed by atoms with Gasteiger partial charge in [0.15, 0.2) is 5.69 Å². The van der Waals surface area contributed by atoms with Crippen LogP contribution in [0.15, 0.2) is 23.1 Å². The van der Waals surface area contributed by atoms with E-state index in [1.165, 1.54) is 19.3 Å². The fourth-order valence-corrected chi connectivity index (χ4v) is 8.02. The van der Waals surface area contributed by atoms with Gasteiger partial charge in [-0.2, -0.15) is 5.10 Å². The maximum Gasteiger partial charge on any atom is 0.272 e. The van der Waals surface area contributed by atoms with E-state index in [2.05, 4.69) is 10.0 Å². The maximum atomic E-state index is 13.1. The number of carbonyl (C=O) groups excluding carboxylic acids is 1. The van der Waals surface area contributed by atoms with Crippen LogP contribution in [0.3, 0.4) is 0 Å². The molecule has 0 spiro atoms. The van der Waals surface area contributed by atoms with Crippen LogP contribution in [0.25, 0.3) is 11.3 Å². The van der Waals surface area contributed by atoms with E-state index in [1.54, 1.807) is 18.2 Å². The molecule has 2 aromatic rings. The van der Waals surface area contributed by atoms with Crippen molar-refractivity contribution in [2.45, 2.75) is 88.7 Å². The summed E-state index contributed by atoms with van der Waals surface area (Å²) in [4.78, 5) is 13.6. The van der Waals surface area contributed by atoms with Crippen LogP contribution in [0.1, 0.15) is 76.2 Å². The molecule has 7 nitrogen and oxygen atoms in total. The quantitative estimate of drug-likeness (QED) is 0.448. The van der Waals surface area contributed by atoms with E-state index in [-0.39, 0.29) is 27.5 Å². The molecule has 37 heavy (non-hydrogen) atoms. The maximum absolute atomic E-state index is 13.1. The fourth-order valence-electron chi connectivity index (χ4n) is 4.90. The summed E-state index contributed by atoms with van der Waals surface area (Å²) in [6.45, 7) is 6.48. The molecule has 1 aliphatic heterocycles. The van der Waals surface area contributed by atoms with Crippen LogP contribution >= 0.6 is 23.2 Å². The van der Waals surface area contributed by atoms with Gasteiger partial charge in [-0.3, -0.25) is 13.7 Å². The highest BCUT2D eigenvalue weighted by Gasteiger charge is 2.26. The van der Waals surface area contributed by atoms with Crippen LogP contribution in [0, 0.1) is 5.92 Å². The normalized spacial score (nSPS) is 22.1. The first-order valence-corrected chi connectivity index (χ1v) is 16.3. The lowest BCUT2D eigenvalue weighted by Crippen LogP contribution is -2.39. The van der Waals surface area contributed by atoms with Crippen LogP contribution in [0.5, 0.6) is 0 Å². The van der Waals surface area contributed by atoms with Gasteiger partial charge in [0.05, 0.1) is 20.6 Å². The Balaban J connectivity index is 1.64. The Morgan fingerprint density at radius 3 is 2.43 bits per heavy atom. The van der Waals surface area contributed by atoms with Crippen molar-refractivity contribution < 1.29 is 13.2 Å². The minimum Gasteiger partial charge on any atom is -0.348 e. The highest BCUT2D eigenvalue weighted by atomic mass is 35.5. The smallest absolute Gasteiger partial charge is 0.272 e. The molecule has 1 saturated heterocycles. The van der Waals surface area contributed by atoms with E-state index in [4.69, 9.17) is 28.3 Å². The Morgan fingerprint density at radius 1 is 1.11 bits per heavy atom. The van der Waals surface area contributed by atoms with Gasteiger partial charge in [0.2, 0.25) is 0 Å². The number of nitrogens with one attached hydrogen (secondary N) is 2. The number of nitrogens with zero attached hydrogens (tertiary/aromatic N) is 2. The highest BCUT2D eigenvalue weighted by Crippen LogP contribution is 2.38. The first-order valence-electron chi connectivity index (χ1n) is 12.9. The SMILES string of the molecule is CC(C)(C)NS(=O)c1ccc(-c2cc(C(=O)NC3CCS(=O)CC3)nn2CC2CCCCC2)c(Cl)c1Cl. The Kier molecular flexibility index (Phi) is 9.54. The molecule has 1 aromatic carbocycles. The van der Waals surface area contributed by atoms with Crippen molar-refractivity contribution in [3.8, 4) is 11.3 Å². The lowest BCUT2D eigenvalue weighted by atomic mass is 9.89.